The maximum absolute atomic E-state index is 13.1. The Morgan fingerprint density at radius 3 is 2.67 bits per heavy atom. The van der Waals surface area contributed by atoms with Crippen LogP contribution in [0.25, 0.3) is 0 Å². The van der Waals surface area contributed by atoms with Crippen molar-refractivity contribution in [2.45, 2.75) is 13.0 Å². The summed E-state index contributed by atoms with van der Waals surface area (Å²) >= 11 is 0. The highest BCUT2D eigenvalue weighted by Gasteiger charge is 2.32. The van der Waals surface area contributed by atoms with E-state index in [-0.39, 0.29) is 25.1 Å². The number of halogens is 3. The molecule has 1 aromatic carbocycles. The van der Waals surface area contributed by atoms with Gasteiger partial charge in [-0.3, -0.25) is 9.59 Å². The molecule has 5 nitrogen and oxygen atoms in total. The molecule has 2 rings (SSSR count). The predicted octanol–water partition coefficient (Wildman–Crippen LogP) is 1.97. The van der Waals surface area contributed by atoms with Crippen molar-refractivity contribution in [1.29, 1.82) is 0 Å². The van der Waals surface area contributed by atoms with Crippen LogP contribution < -0.4 is 4.74 Å². The van der Waals surface area contributed by atoms with Gasteiger partial charge in [0.05, 0.1) is 11.5 Å². The third kappa shape index (κ3) is 3.45. The molecule has 0 saturated carbocycles. The zero-order valence-corrected chi connectivity index (χ0v) is 10.8. The number of rotatable bonds is 4. The molecular weight excluding hydrogens is 291 g/mol. The number of benzene rings is 1. The van der Waals surface area contributed by atoms with Crippen molar-refractivity contribution in [2.75, 3.05) is 13.1 Å². The Labute approximate surface area is 117 Å². The fraction of sp³-hybridized carbons (Fsp3) is 0.385. The minimum atomic E-state index is -3.19. The van der Waals surface area contributed by atoms with Gasteiger partial charge in [0.1, 0.15) is 11.6 Å². The van der Waals surface area contributed by atoms with E-state index in [4.69, 9.17) is 5.11 Å². The van der Waals surface area contributed by atoms with Gasteiger partial charge in [-0.2, -0.15) is 8.78 Å². The van der Waals surface area contributed by atoms with Crippen LogP contribution >= 0.6 is 0 Å². The van der Waals surface area contributed by atoms with Crippen molar-refractivity contribution >= 4 is 11.9 Å². The van der Waals surface area contributed by atoms with Crippen molar-refractivity contribution < 1.29 is 32.6 Å². The SMILES string of the molecule is O=C(O)C1CCN(C(=O)c2ccc(F)cc2OC(F)F)C1. The standard InChI is InChI=1S/C13H12F3NO4/c14-8-1-2-9(10(5-8)21-13(15)16)11(18)17-4-3-7(6-17)12(19)20/h1-2,5,7,13H,3-4,6H2,(H,19,20). The molecular formula is C13H12F3NO4. The van der Waals surface area contributed by atoms with Gasteiger partial charge in [-0.1, -0.05) is 0 Å². The fourth-order valence-corrected chi connectivity index (χ4v) is 2.18. The number of carboxylic acids is 1. The summed E-state index contributed by atoms with van der Waals surface area (Å²) in [5.74, 6) is -3.74. The molecule has 1 aliphatic heterocycles. The van der Waals surface area contributed by atoms with E-state index < -0.39 is 36.0 Å². The summed E-state index contributed by atoms with van der Waals surface area (Å²) in [6, 6.07) is 2.70. The summed E-state index contributed by atoms with van der Waals surface area (Å²) in [5, 5.41) is 8.88. The second kappa shape index (κ2) is 6.02. The Kier molecular flexibility index (Phi) is 4.35. The lowest BCUT2D eigenvalue weighted by Crippen LogP contribution is -2.30. The molecule has 114 valence electrons. The van der Waals surface area contributed by atoms with E-state index in [1.807, 2.05) is 0 Å². The number of carbonyl (C=O) groups is 2. The van der Waals surface area contributed by atoms with Gasteiger partial charge in [0.15, 0.2) is 0 Å². The normalized spacial score (nSPS) is 18.1. The van der Waals surface area contributed by atoms with Crippen molar-refractivity contribution in [1.82, 2.24) is 4.90 Å². The fourth-order valence-electron chi connectivity index (χ4n) is 2.18. The third-order valence-electron chi connectivity index (χ3n) is 3.21. The molecule has 1 aromatic rings. The minimum absolute atomic E-state index is 0.0142. The smallest absolute Gasteiger partial charge is 0.387 e. The number of ether oxygens (including phenoxy) is 1. The van der Waals surface area contributed by atoms with Crippen LogP contribution in [0.15, 0.2) is 18.2 Å². The van der Waals surface area contributed by atoms with Crippen LogP contribution in [0.4, 0.5) is 13.2 Å². The molecule has 1 aliphatic rings. The van der Waals surface area contributed by atoms with E-state index in [2.05, 4.69) is 4.74 Å². The van der Waals surface area contributed by atoms with Gasteiger partial charge < -0.3 is 14.7 Å². The number of aliphatic carboxylic acids is 1. The first-order valence-corrected chi connectivity index (χ1v) is 6.15. The van der Waals surface area contributed by atoms with Gasteiger partial charge in [0, 0.05) is 19.2 Å². The lowest BCUT2D eigenvalue weighted by molar-refractivity contribution is -0.141. The summed E-state index contributed by atoms with van der Waals surface area (Å²) in [7, 11) is 0. The van der Waals surface area contributed by atoms with E-state index in [0.717, 1.165) is 12.1 Å². The van der Waals surface area contributed by atoms with Crippen LogP contribution in [-0.4, -0.2) is 41.6 Å². The molecule has 1 amide bonds. The maximum atomic E-state index is 13.1. The minimum Gasteiger partial charge on any atom is -0.481 e. The van der Waals surface area contributed by atoms with Crippen LogP contribution in [0.2, 0.25) is 0 Å². The lowest BCUT2D eigenvalue weighted by Gasteiger charge is -2.18. The molecule has 0 aromatic heterocycles. The number of hydrogen-bond donors (Lipinski definition) is 1. The second-order valence-corrected chi connectivity index (χ2v) is 4.59. The summed E-state index contributed by atoms with van der Waals surface area (Å²) < 4.78 is 41.8. The van der Waals surface area contributed by atoms with Gasteiger partial charge in [0.25, 0.3) is 5.91 Å². The zero-order chi connectivity index (χ0) is 15.6. The first-order chi connectivity index (χ1) is 9.88. The molecule has 0 radical (unpaired) electrons. The third-order valence-corrected chi connectivity index (χ3v) is 3.21. The molecule has 8 heteroatoms. The van der Waals surface area contributed by atoms with Gasteiger partial charge in [-0.25, -0.2) is 4.39 Å². The van der Waals surface area contributed by atoms with Crippen molar-refractivity contribution in [3.05, 3.63) is 29.6 Å². The topological polar surface area (TPSA) is 66.8 Å². The molecule has 1 heterocycles. The summed E-state index contributed by atoms with van der Waals surface area (Å²) in [4.78, 5) is 24.3. The van der Waals surface area contributed by atoms with Crippen molar-refractivity contribution in [3.8, 4) is 5.75 Å². The molecule has 1 fully saturated rings. The molecule has 1 N–H and O–H groups in total. The number of likely N-dealkylation sites (tertiary alicyclic amines) is 1. The Bertz CT molecular complexity index is 564. The van der Waals surface area contributed by atoms with E-state index >= 15 is 0 Å². The Morgan fingerprint density at radius 2 is 2.10 bits per heavy atom. The number of alkyl halides is 2. The number of nitrogens with zero attached hydrogens (tertiary/aromatic N) is 1. The average Bonchev–Trinajstić information content (AvgIpc) is 2.87. The number of hydrogen-bond acceptors (Lipinski definition) is 3. The first-order valence-electron chi connectivity index (χ1n) is 6.15. The van der Waals surface area contributed by atoms with Crippen LogP contribution in [0.5, 0.6) is 5.75 Å². The predicted molar refractivity (Wildman–Crippen MR) is 64.7 cm³/mol. The second-order valence-electron chi connectivity index (χ2n) is 4.59. The van der Waals surface area contributed by atoms with Gasteiger partial charge in [-0.15, -0.1) is 0 Å². The van der Waals surface area contributed by atoms with Crippen LogP contribution in [0.1, 0.15) is 16.8 Å². The van der Waals surface area contributed by atoms with Gasteiger partial charge >= 0.3 is 12.6 Å². The number of amides is 1. The summed E-state index contributed by atoms with van der Waals surface area (Å²) in [6.45, 7) is -3.01. The van der Waals surface area contributed by atoms with E-state index in [9.17, 15) is 22.8 Å². The Balaban J connectivity index is 2.21. The Hall–Kier alpha value is -2.25. The molecule has 0 bridgehead atoms. The summed E-state index contributed by atoms with van der Waals surface area (Å²) in [5.41, 5.74) is -0.220. The van der Waals surface area contributed by atoms with Crippen molar-refractivity contribution in [3.63, 3.8) is 0 Å². The molecule has 1 saturated heterocycles. The molecule has 1 atom stereocenters. The van der Waals surface area contributed by atoms with E-state index in [1.54, 1.807) is 0 Å². The molecule has 0 spiro atoms. The van der Waals surface area contributed by atoms with Crippen LogP contribution in [0.3, 0.4) is 0 Å². The van der Waals surface area contributed by atoms with E-state index in [0.29, 0.717) is 6.07 Å². The highest BCUT2D eigenvalue weighted by atomic mass is 19.3. The highest BCUT2D eigenvalue weighted by molar-refractivity contribution is 5.97. The zero-order valence-electron chi connectivity index (χ0n) is 10.8. The van der Waals surface area contributed by atoms with E-state index in [1.165, 1.54) is 4.90 Å². The lowest BCUT2D eigenvalue weighted by atomic mass is 10.1. The molecule has 21 heavy (non-hydrogen) atoms. The van der Waals surface area contributed by atoms with Crippen molar-refractivity contribution in [2.24, 2.45) is 5.92 Å². The van der Waals surface area contributed by atoms with Crippen LogP contribution in [0, 0.1) is 11.7 Å². The quantitative estimate of drug-likeness (QED) is 0.923. The number of carbonyl (C=O) groups excluding carboxylic acids is 1. The monoisotopic (exact) mass is 303 g/mol. The first kappa shape index (κ1) is 15.1. The van der Waals surface area contributed by atoms with Gasteiger partial charge in [0.2, 0.25) is 0 Å². The Morgan fingerprint density at radius 1 is 1.38 bits per heavy atom. The number of carboxylic acid groups (broad SMARTS) is 1. The average molecular weight is 303 g/mol. The largest absolute Gasteiger partial charge is 0.481 e. The van der Waals surface area contributed by atoms with Crippen LogP contribution in [-0.2, 0) is 4.79 Å². The summed E-state index contributed by atoms with van der Waals surface area (Å²) in [6.07, 6.45) is 0.285. The highest BCUT2D eigenvalue weighted by Crippen LogP contribution is 2.26. The molecule has 0 aliphatic carbocycles. The molecule has 1 unspecified atom stereocenters. The maximum Gasteiger partial charge on any atom is 0.387 e. The van der Waals surface area contributed by atoms with Gasteiger partial charge in [-0.05, 0) is 18.6 Å².